The quantitative estimate of drug-likeness (QED) is 0.688. The molecule has 1 unspecified atom stereocenters. The van der Waals surface area contributed by atoms with E-state index in [1.54, 1.807) is 11.3 Å². The molecule has 0 saturated heterocycles. The summed E-state index contributed by atoms with van der Waals surface area (Å²) in [5.41, 5.74) is 1.98. The van der Waals surface area contributed by atoms with Crippen LogP contribution >= 0.6 is 49.9 Å². The molecule has 0 aliphatic heterocycles. The number of aliphatic hydroxyl groups excluding tert-OH is 1. The van der Waals surface area contributed by atoms with Gasteiger partial charge in [-0.25, -0.2) is 0 Å². The Hall–Kier alpha value is 0.0900. The van der Waals surface area contributed by atoms with Crippen LogP contribution in [0.1, 0.15) is 27.0 Å². The van der Waals surface area contributed by atoms with E-state index in [4.69, 9.17) is 0 Å². The lowest BCUT2D eigenvalue weighted by Crippen LogP contribution is -2.02. The number of halogens is 2. The van der Waals surface area contributed by atoms with E-state index in [-0.39, 0.29) is 0 Å². The number of hydrogen-bond acceptors (Lipinski definition) is 2. The Morgan fingerprint density at radius 1 is 1.24 bits per heavy atom. The summed E-state index contributed by atoms with van der Waals surface area (Å²) in [6.07, 6.45) is -0.538. The zero-order valence-electron chi connectivity index (χ0n) is 9.50. The molecular formula is C13H12BrIOS. The highest BCUT2D eigenvalue weighted by atomic mass is 127. The fourth-order valence-electron chi connectivity index (χ4n) is 1.81. The maximum Gasteiger partial charge on any atom is 0.106 e. The van der Waals surface area contributed by atoms with Crippen molar-refractivity contribution in [3.05, 3.63) is 53.2 Å². The molecule has 0 saturated carbocycles. The van der Waals surface area contributed by atoms with Crippen LogP contribution in [0, 0.1) is 17.4 Å². The number of rotatable bonds is 2. The molecule has 0 aliphatic carbocycles. The summed E-state index contributed by atoms with van der Waals surface area (Å²) in [5.74, 6) is 0. The van der Waals surface area contributed by atoms with Crippen molar-refractivity contribution in [2.75, 3.05) is 0 Å². The lowest BCUT2D eigenvalue weighted by molar-refractivity contribution is 0.219. The predicted octanol–water partition coefficient (Wildman–Crippen LogP) is 4.81. The van der Waals surface area contributed by atoms with E-state index in [1.807, 2.05) is 18.2 Å². The molecule has 0 radical (unpaired) electrons. The van der Waals surface area contributed by atoms with Crippen molar-refractivity contribution in [2.45, 2.75) is 20.0 Å². The summed E-state index contributed by atoms with van der Waals surface area (Å²) in [4.78, 5) is 2.42. The van der Waals surface area contributed by atoms with Gasteiger partial charge in [0, 0.05) is 17.8 Å². The Kier molecular flexibility index (Phi) is 4.28. The molecule has 1 atom stereocenters. The maximum absolute atomic E-state index is 10.5. The minimum atomic E-state index is -0.538. The predicted molar refractivity (Wildman–Crippen MR) is 84.7 cm³/mol. The highest BCUT2D eigenvalue weighted by Gasteiger charge is 2.17. The summed E-state index contributed by atoms with van der Waals surface area (Å²) in [7, 11) is 0. The first kappa shape index (κ1) is 13.5. The van der Waals surface area contributed by atoms with Gasteiger partial charge in [-0.2, -0.15) is 0 Å². The van der Waals surface area contributed by atoms with Crippen LogP contribution in [-0.2, 0) is 0 Å². The van der Waals surface area contributed by atoms with E-state index in [9.17, 15) is 5.11 Å². The number of hydrogen-bond donors (Lipinski definition) is 1. The molecule has 1 aromatic carbocycles. The van der Waals surface area contributed by atoms with Crippen molar-refractivity contribution < 1.29 is 5.11 Å². The van der Waals surface area contributed by atoms with Gasteiger partial charge in [-0.1, -0.05) is 15.9 Å². The second-order valence-corrected chi connectivity index (χ2v) is 7.48. The molecule has 0 amide bonds. The number of aliphatic hydroxyl groups is 1. The van der Waals surface area contributed by atoms with Crippen LogP contribution in [0.2, 0.25) is 0 Å². The fourth-order valence-corrected chi connectivity index (χ4v) is 3.78. The second kappa shape index (κ2) is 5.38. The molecule has 1 aromatic heterocycles. The molecule has 17 heavy (non-hydrogen) atoms. The molecular weight excluding hydrogens is 411 g/mol. The molecule has 1 heterocycles. The van der Waals surface area contributed by atoms with Crippen molar-refractivity contribution in [3.63, 3.8) is 0 Å². The van der Waals surface area contributed by atoms with E-state index in [0.29, 0.717) is 0 Å². The van der Waals surface area contributed by atoms with Crippen LogP contribution in [-0.4, -0.2) is 5.11 Å². The van der Waals surface area contributed by atoms with Gasteiger partial charge in [-0.3, -0.25) is 0 Å². The van der Waals surface area contributed by atoms with Gasteiger partial charge in [-0.05, 0) is 71.8 Å². The Morgan fingerprint density at radius 2 is 1.94 bits per heavy atom. The molecule has 2 rings (SSSR count). The number of benzene rings is 1. The minimum Gasteiger partial charge on any atom is -0.384 e. The van der Waals surface area contributed by atoms with Gasteiger partial charge in [0.15, 0.2) is 0 Å². The second-order valence-electron chi connectivity index (χ2n) is 3.94. The first-order valence-electron chi connectivity index (χ1n) is 5.19. The normalized spacial score (nSPS) is 12.8. The maximum atomic E-state index is 10.5. The highest BCUT2D eigenvalue weighted by Crippen LogP contribution is 2.33. The highest BCUT2D eigenvalue weighted by molar-refractivity contribution is 14.1. The van der Waals surface area contributed by atoms with E-state index >= 15 is 0 Å². The van der Waals surface area contributed by atoms with E-state index in [2.05, 4.69) is 58.4 Å². The third-order valence-electron chi connectivity index (χ3n) is 2.63. The topological polar surface area (TPSA) is 20.2 Å². The van der Waals surface area contributed by atoms with E-state index in [0.717, 1.165) is 19.2 Å². The van der Waals surface area contributed by atoms with Gasteiger partial charge in [0.2, 0.25) is 0 Å². The van der Waals surface area contributed by atoms with E-state index < -0.39 is 6.10 Å². The summed E-state index contributed by atoms with van der Waals surface area (Å²) < 4.78 is 2.08. The Morgan fingerprint density at radius 3 is 2.53 bits per heavy atom. The smallest absolute Gasteiger partial charge is 0.106 e. The van der Waals surface area contributed by atoms with Gasteiger partial charge in [0.25, 0.3) is 0 Å². The molecule has 1 N–H and O–H groups in total. The molecule has 0 fully saturated rings. The zero-order valence-corrected chi connectivity index (χ0v) is 14.1. The third kappa shape index (κ3) is 2.92. The summed E-state index contributed by atoms with van der Waals surface area (Å²) in [6.45, 7) is 4.13. The molecule has 1 nitrogen and oxygen atoms in total. The van der Waals surface area contributed by atoms with Crippen LogP contribution < -0.4 is 0 Å². The SMILES string of the molecule is Cc1cc(C(O)c2cc(Br)ccc2I)c(C)s1. The van der Waals surface area contributed by atoms with Crippen LogP contribution in [0.15, 0.2) is 28.7 Å². The van der Waals surface area contributed by atoms with Crippen molar-refractivity contribution in [1.82, 2.24) is 0 Å². The Bertz CT molecular complexity index is 550. The van der Waals surface area contributed by atoms with Crippen molar-refractivity contribution in [3.8, 4) is 0 Å². The van der Waals surface area contributed by atoms with Crippen molar-refractivity contribution >= 4 is 49.9 Å². The van der Waals surface area contributed by atoms with E-state index in [1.165, 1.54) is 9.75 Å². The van der Waals surface area contributed by atoms with Crippen LogP contribution in [0.3, 0.4) is 0 Å². The van der Waals surface area contributed by atoms with Gasteiger partial charge >= 0.3 is 0 Å². The average Bonchev–Trinajstić information content (AvgIpc) is 2.60. The molecule has 0 aliphatic rings. The largest absolute Gasteiger partial charge is 0.384 e. The number of thiophene rings is 1. The van der Waals surface area contributed by atoms with Crippen LogP contribution in [0.5, 0.6) is 0 Å². The summed E-state index contributed by atoms with van der Waals surface area (Å²) >= 11 is 7.44. The molecule has 0 bridgehead atoms. The molecule has 2 aromatic rings. The third-order valence-corrected chi connectivity index (χ3v) is 5.08. The van der Waals surface area contributed by atoms with Gasteiger partial charge < -0.3 is 5.11 Å². The zero-order chi connectivity index (χ0) is 12.6. The Labute approximate surface area is 127 Å². The standard InChI is InChI=1S/C13H12BrIOS/c1-7-5-10(8(2)17-7)13(16)11-6-9(14)3-4-12(11)15/h3-6,13,16H,1-2H3. The summed E-state index contributed by atoms with van der Waals surface area (Å²) in [5, 5.41) is 10.5. The molecule has 90 valence electrons. The fraction of sp³-hybridized carbons (Fsp3) is 0.231. The van der Waals surface area contributed by atoms with Crippen LogP contribution in [0.25, 0.3) is 0 Å². The lowest BCUT2D eigenvalue weighted by Gasteiger charge is -2.13. The first-order valence-corrected chi connectivity index (χ1v) is 7.88. The lowest BCUT2D eigenvalue weighted by atomic mass is 10.0. The van der Waals surface area contributed by atoms with Gasteiger partial charge in [0.05, 0.1) is 0 Å². The first-order chi connectivity index (χ1) is 7.99. The Balaban J connectivity index is 2.46. The number of aryl methyl sites for hydroxylation is 2. The van der Waals surface area contributed by atoms with Crippen LogP contribution in [0.4, 0.5) is 0 Å². The van der Waals surface area contributed by atoms with Gasteiger partial charge in [0.1, 0.15) is 6.10 Å². The average molecular weight is 423 g/mol. The monoisotopic (exact) mass is 422 g/mol. The van der Waals surface area contributed by atoms with Crippen molar-refractivity contribution in [2.24, 2.45) is 0 Å². The summed E-state index contributed by atoms with van der Waals surface area (Å²) in [6, 6.07) is 8.06. The van der Waals surface area contributed by atoms with Crippen molar-refractivity contribution in [1.29, 1.82) is 0 Å². The molecule has 4 heteroatoms. The van der Waals surface area contributed by atoms with Gasteiger partial charge in [-0.15, -0.1) is 11.3 Å². The minimum absolute atomic E-state index is 0.538. The molecule has 0 spiro atoms.